The second kappa shape index (κ2) is 9.91. The lowest BCUT2D eigenvalue weighted by atomic mass is 10.1. The number of carbonyl (C=O) groups is 1. The lowest BCUT2D eigenvalue weighted by Gasteiger charge is -2.14. The van der Waals surface area contributed by atoms with Crippen LogP contribution in [0.15, 0.2) is 22.1 Å². The van der Waals surface area contributed by atoms with Crippen LogP contribution in [0.5, 0.6) is 17.2 Å². The van der Waals surface area contributed by atoms with Crippen LogP contribution in [-0.4, -0.2) is 47.8 Å². The zero-order valence-electron chi connectivity index (χ0n) is 15.8. The number of rotatable bonds is 10. The average molecular weight is 396 g/mol. The Balaban J connectivity index is 1.98. The molecule has 9 nitrogen and oxygen atoms in total. The Bertz CT molecular complexity index is 833. The van der Waals surface area contributed by atoms with Crippen molar-refractivity contribution in [2.75, 3.05) is 27.1 Å². The maximum Gasteiger partial charge on any atom is 0.343 e. The number of nitrogens with one attached hydrogen (secondary N) is 2. The van der Waals surface area contributed by atoms with Gasteiger partial charge >= 0.3 is 5.69 Å². The number of carbonyl (C=O) groups excluding carboxylic acids is 1. The number of hydrogen-bond acceptors (Lipinski definition) is 7. The molecule has 2 aromatic rings. The van der Waals surface area contributed by atoms with E-state index in [-0.39, 0.29) is 23.9 Å². The van der Waals surface area contributed by atoms with Crippen LogP contribution in [0.25, 0.3) is 0 Å². The van der Waals surface area contributed by atoms with Gasteiger partial charge in [-0.05, 0) is 12.5 Å². The SMILES string of the molecule is CCCn1c(SCC(=O)NCc2cc(OC)c(OC)cc2OC)n[nH]c1=O. The highest BCUT2D eigenvalue weighted by Gasteiger charge is 2.14. The number of ether oxygens (including phenoxy) is 3. The smallest absolute Gasteiger partial charge is 0.343 e. The van der Waals surface area contributed by atoms with Crippen molar-refractivity contribution in [3.05, 3.63) is 28.2 Å². The molecular weight excluding hydrogens is 372 g/mol. The molecule has 0 fully saturated rings. The number of nitrogens with zero attached hydrogens (tertiary/aromatic N) is 2. The van der Waals surface area contributed by atoms with Gasteiger partial charge in [0.25, 0.3) is 0 Å². The van der Waals surface area contributed by atoms with Crippen molar-refractivity contribution in [2.24, 2.45) is 0 Å². The van der Waals surface area contributed by atoms with Crippen LogP contribution < -0.4 is 25.2 Å². The van der Waals surface area contributed by atoms with Crippen molar-refractivity contribution in [3.63, 3.8) is 0 Å². The average Bonchev–Trinajstić information content (AvgIpc) is 3.03. The van der Waals surface area contributed by atoms with Crippen LogP contribution >= 0.6 is 11.8 Å². The highest BCUT2D eigenvalue weighted by Crippen LogP contribution is 2.34. The number of H-pyrrole nitrogens is 1. The Morgan fingerprint density at radius 1 is 1.19 bits per heavy atom. The van der Waals surface area contributed by atoms with Crippen LogP contribution in [0.4, 0.5) is 0 Å². The van der Waals surface area contributed by atoms with Crippen LogP contribution in [0.1, 0.15) is 18.9 Å². The van der Waals surface area contributed by atoms with E-state index in [9.17, 15) is 9.59 Å². The molecule has 10 heteroatoms. The Hall–Kier alpha value is -2.62. The summed E-state index contributed by atoms with van der Waals surface area (Å²) in [6, 6.07) is 3.47. The van der Waals surface area contributed by atoms with Gasteiger partial charge in [0.05, 0.1) is 27.1 Å². The number of hydrogen-bond donors (Lipinski definition) is 2. The molecule has 148 valence electrons. The fourth-order valence-electron chi connectivity index (χ4n) is 2.44. The molecule has 0 unspecified atom stereocenters. The minimum Gasteiger partial charge on any atom is -0.496 e. The first-order valence-electron chi connectivity index (χ1n) is 8.37. The van der Waals surface area contributed by atoms with E-state index in [1.165, 1.54) is 16.3 Å². The zero-order chi connectivity index (χ0) is 19.8. The second-order valence-electron chi connectivity index (χ2n) is 5.55. The summed E-state index contributed by atoms with van der Waals surface area (Å²) in [5.74, 6) is 1.65. The molecule has 0 aliphatic rings. The monoisotopic (exact) mass is 396 g/mol. The van der Waals surface area contributed by atoms with Crippen LogP contribution in [0, 0.1) is 0 Å². The minimum atomic E-state index is -0.269. The quantitative estimate of drug-likeness (QED) is 0.585. The minimum absolute atomic E-state index is 0.142. The molecule has 1 aromatic heterocycles. The summed E-state index contributed by atoms with van der Waals surface area (Å²) in [6.07, 6.45) is 0.804. The van der Waals surface area contributed by atoms with Crippen molar-refractivity contribution in [3.8, 4) is 17.2 Å². The largest absolute Gasteiger partial charge is 0.496 e. The van der Waals surface area contributed by atoms with Crippen LogP contribution in [-0.2, 0) is 17.9 Å². The molecule has 0 radical (unpaired) electrons. The third kappa shape index (κ3) is 5.19. The van der Waals surface area contributed by atoms with E-state index < -0.39 is 0 Å². The van der Waals surface area contributed by atoms with Gasteiger partial charge in [-0.1, -0.05) is 18.7 Å². The lowest BCUT2D eigenvalue weighted by molar-refractivity contribution is -0.118. The van der Waals surface area contributed by atoms with E-state index in [1.54, 1.807) is 33.5 Å². The van der Waals surface area contributed by atoms with Gasteiger partial charge in [0.15, 0.2) is 16.7 Å². The number of amides is 1. The molecule has 0 saturated heterocycles. The van der Waals surface area contributed by atoms with Gasteiger partial charge < -0.3 is 19.5 Å². The van der Waals surface area contributed by atoms with E-state index in [0.717, 1.165) is 12.0 Å². The molecule has 1 amide bonds. The molecule has 1 heterocycles. The highest BCUT2D eigenvalue weighted by molar-refractivity contribution is 7.99. The standard InChI is InChI=1S/C17H24N4O5S/c1-5-6-21-16(23)19-20-17(21)27-10-15(22)18-9-11-7-13(25-3)14(26-4)8-12(11)24-2/h7-8H,5-6,9-10H2,1-4H3,(H,18,22)(H,19,23). The molecule has 0 saturated carbocycles. The fraction of sp³-hybridized carbons (Fsp3) is 0.471. The maximum absolute atomic E-state index is 12.2. The van der Waals surface area contributed by atoms with Gasteiger partial charge in [0, 0.05) is 24.7 Å². The van der Waals surface area contributed by atoms with Gasteiger partial charge in [-0.2, -0.15) is 0 Å². The van der Waals surface area contributed by atoms with Crippen LogP contribution in [0.2, 0.25) is 0 Å². The molecule has 0 aliphatic carbocycles. The van der Waals surface area contributed by atoms with Gasteiger partial charge in [0.2, 0.25) is 5.91 Å². The van der Waals surface area contributed by atoms with Gasteiger partial charge in [-0.25, -0.2) is 9.89 Å². The number of benzene rings is 1. The molecule has 2 rings (SSSR count). The Morgan fingerprint density at radius 2 is 1.85 bits per heavy atom. The van der Waals surface area contributed by atoms with Crippen molar-refractivity contribution in [2.45, 2.75) is 31.6 Å². The predicted octanol–water partition coefficient (Wildman–Crippen LogP) is 1.42. The van der Waals surface area contributed by atoms with Crippen LogP contribution in [0.3, 0.4) is 0 Å². The van der Waals surface area contributed by atoms with Gasteiger partial charge in [-0.3, -0.25) is 9.36 Å². The molecule has 2 N–H and O–H groups in total. The van der Waals surface area contributed by atoms with E-state index in [4.69, 9.17) is 14.2 Å². The summed E-state index contributed by atoms with van der Waals surface area (Å²) >= 11 is 1.21. The van der Waals surface area contributed by atoms with Crippen molar-refractivity contribution in [1.29, 1.82) is 0 Å². The van der Waals surface area contributed by atoms with E-state index >= 15 is 0 Å². The molecule has 0 bridgehead atoms. The molecule has 0 aliphatic heterocycles. The maximum atomic E-state index is 12.2. The predicted molar refractivity (Wildman–Crippen MR) is 102 cm³/mol. The third-order valence-corrected chi connectivity index (χ3v) is 4.74. The first-order valence-corrected chi connectivity index (χ1v) is 9.36. The summed E-state index contributed by atoms with van der Waals surface area (Å²) in [7, 11) is 4.64. The summed E-state index contributed by atoms with van der Waals surface area (Å²) in [6.45, 7) is 2.80. The number of thioether (sulfide) groups is 1. The Labute approximate surface area is 161 Å². The highest BCUT2D eigenvalue weighted by atomic mass is 32.2. The molecular formula is C17H24N4O5S. The summed E-state index contributed by atoms with van der Waals surface area (Å²) < 4.78 is 17.4. The summed E-state index contributed by atoms with van der Waals surface area (Å²) in [4.78, 5) is 23.9. The van der Waals surface area contributed by atoms with E-state index in [1.807, 2.05) is 6.92 Å². The van der Waals surface area contributed by atoms with Gasteiger partial charge in [-0.15, -0.1) is 5.10 Å². The van der Waals surface area contributed by atoms with Gasteiger partial charge in [0.1, 0.15) is 5.75 Å². The first kappa shape index (κ1) is 20.7. The summed E-state index contributed by atoms with van der Waals surface area (Å²) in [5, 5.41) is 9.69. The number of aromatic amines is 1. The number of aromatic nitrogens is 3. The Morgan fingerprint density at radius 3 is 2.48 bits per heavy atom. The second-order valence-corrected chi connectivity index (χ2v) is 6.49. The molecule has 1 aromatic carbocycles. The third-order valence-electron chi connectivity index (χ3n) is 3.77. The molecule has 27 heavy (non-hydrogen) atoms. The van der Waals surface area contributed by atoms with Crippen molar-refractivity contribution < 1.29 is 19.0 Å². The molecule has 0 spiro atoms. The normalized spacial score (nSPS) is 10.5. The summed E-state index contributed by atoms with van der Waals surface area (Å²) in [5.41, 5.74) is 0.492. The first-order chi connectivity index (χ1) is 13.0. The lowest BCUT2D eigenvalue weighted by Crippen LogP contribution is -2.25. The number of methoxy groups -OCH3 is 3. The molecule has 0 atom stereocenters. The zero-order valence-corrected chi connectivity index (χ0v) is 16.6. The topological polar surface area (TPSA) is 107 Å². The van der Waals surface area contributed by atoms with E-state index in [0.29, 0.717) is 28.9 Å². The van der Waals surface area contributed by atoms with Crippen molar-refractivity contribution in [1.82, 2.24) is 20.1 Å². The van der Waals surface area contributed by atoms with Crippen molar-refractivity contribution >= 4 is 17.7 Å². The fourth-order valence-corrected chi connectivity index (χ4v) is 3.24. The van der Waals surface area contributed by atoms with E-state index in [2.05, 4.69) is 15.5 Å². The Kier molecular flexibility index (Phi) is 7.59.